The molecule has 2 aromatic carbocycles. The predicted molar refractivity (Wildman–Crippen MR) is 88.1 cm³/mol. The highest BCUT2D eigenvalue weighted by molar-refractivity contribution is 6.25. The maximum atomic E-state index is 12.8. The van der Waals surface area contributed by atoms with Crippen LogP contribution in [0.25, 0.3) is 0 Å². The van der Waals surface area contributed by atoms with Crippen LogP contribution in [0.15, 0.2) is 64.9 Å². The van der Waals surface area contributed by atoms with Gasteiger partial charge in [0.25, 0.3) is 11.8 Å². The molecule has 6 nitrogen and oxygen atoms in total. The molecule has 2 heterocycles. The monoisotopic (exact) mass is 320 g/mol. The summed E-state index contributed by atoms with van der Waals surface area (Å²) in [7, 11) is 0. The number of carbonyl (C=O) groups excluding carboxylic acids is 2. The normalized spacial score (nSPS) is 22.4. The number of carbonyl (C=O) groups is 2. The van der Waals surface area contributed by atoms with Crippen LogP contribution < -0.4 is 4.90 Å². The van der Waals surface area contributed by atoms with Gasteiger partial charge in [-0.2, -0.15) is 5.11 Å². The van der Waals surface area contributed by atoms with Crippen molar-refractivity contribution < 1.29 is 9.59 Å². The van der Waals surface area contributed by atoms with Gasteiger partial charge in [-0.1, -0.05) is 53.3 Å². The van der Waals surface area contributed by atoms with Crippen LogP contribution in [0, 0.1) is 6.92 Å². The van der Waals surface area contributed by atoms with E-state index in [1.807, 2.05) is 37.3 Å². The van der Waals surface area contributed by atoms with Gasteiger partial charge >= 0.3 is 0 Å². The highest BCUT2D eigenvalue weighted by atomic mass is 16.2. The van der Waals surface area contributed by atoms with Gasteiger partial charge in [-0.15, -0.1) is 0 Å². The minimum absolute atomic E-state index is 0.270. The molecule has 0 aliphatic carbocycles. The molecule has 0 saturated carbocycles. The molecule has 120 valence electrons. The Morgan fingerprint density at radius 3 is 2.54 bits per heavy atom. The zero-order chi connectivity index (χ0) is 16.7. The second kappa shape index (κ2) is 5.56. The minimum atomic E-state index is -0.748. The van der Waals surface area contributed by atoms with Crippen LogP contribution in [0.1, 0.15) is 11.1 Å². The van der Waals surface area contributed by atoms with Gasteiger partial charge in [-0.25, -0.2) is 4.90 Å². The van der Waals surface area contributed by atoms with Gasteiger partial charge in [0.1, 0.15) is 0 Å². The third-order valence-corrected chi connectivity index (χ3v) is 4.30. The SMILES string of the molecule is Cc1cccc(CN2N=NC3C(=O)N(c4ccccc4)C(=O)C32)c1. The Morgan fingerprint density at radius 1 is 1.00 bits per heavy atom. The van der Waals surface area contributed by atoms with E-state index in [0.29, 0.717) is 12.2 Å². The van der Waals surface area contributed by atoms with Crippen molar-refractivity contribution in [3.63, 3.8) is 0 Å². The Hall–Kier alpha value is -3.02. The van der Waals surface area contributed by atoms with Crippen molar-refractivity contribution >= 4 is 17.5 Å². The van der Waals surface area contributed by atoms with Gasteiger partial charge in [0, 0.05) is 0 Å². The lowest BCUT2D eigenvalue weighted by Crippen LogP contribution is -2.39. The summed E-state index contributed by atoms with van der Waals surface area (Å²) in [5, 5.41) is 9.72. The Kier molecular flexibility index (Phi) is 3.37. The second-order valence-corrected chi connectivity index (χ2v) is 6.03. The highest BCUT2D eigenvalue weighted by Gasteiger charge is 2.54. The molecule has 0 bridgehead atoms. The summed E-state index contributed by atoms with van der Waals surface area (Å²) < 4.78 is 0. The molecule has 1 saturated heterocycles. The van der Waals surface area contributed by atoms with E-state index in [2.05, 4.69) is 10.3 Å². The van der Waals surface area contributed by atoms with Crippen molar-refractivity contribution in [2.75, 3.05) is 4.90 Å². The molecule has 2 atom stereocenters. The predicted octanol–water partition coefficient (Wildman–Crippen LogP) is 2.49. The zero-order valence-electron chi connectivity index (χ0n) is 13.2. The molecule has 0 spiro atoms. The molecule has 24 heavy (non-hydrogen) atoms. The van der Waals surface area contributed by atoms with E-state index >= 15 is 0 Å². The van der Waals surface area contributed by atoms with Crippen LogP contribution in [0.4, 0.5) is 5.69 Å². The molecule has 2 amide bonds. The number of imide groups is 1. The van der Waals surface area contributed by atoms with E-state index in [-0.39, 0.29) is 11.8 Å². The number of aryl methyl sites for hydroxylation is 1. The summed E-state index contributed by atoms with van der Waals surface area (Å²) >= 11 is 0. The molecule has 1 fully saturated rings. The Labute approximate surface area is 139 Å². The summed E-state index contributed by atoms with van der Waals surface area (Å²) in [6.45, 7) is 2.47. The van der Waals surface area contributed by atoms with Crippen molar-refractivity contribution in [1.29, 1.82) is 0 Å². The lowest BCUT2D eigenvalue weighted by atomic mass is 10.1. The van der Waals surface area contributed by atoms with Crippen LogP contribution in [0.2, 0.25) is 0 Å². The van der Waals surface area contributed by atoms with Crippen LogP contribution in [0.5, 0.6) is 0 Å². The minimum Gasteiger partial charge on any atom is -0.271 e. The molecule has 4 rings (SSSR count). The number of rotatable bonds is 3. The fourth-order valence-corrected chi connectivity index (χ4v) is 3.18. The van der Waals surface area contributed by atoms with Crippen LogP contribution in [-0.2, 0) is 16.1 Å². The standard InChI is InChI=1S/C18H16N4O2/c1-12-6-5-7-13(10-12)11-21-16-15(19-20-21)17(23)22(18(16)24)14-8-3-2-4-9-14/h2-10,15-16H,11H2,1H3. The van der Waals surface area contributed by atoms with E-state index in [0.717, 1.165) is 11.1 Å². The molecule has 2 unspecified atom stereocenters. The molecule has 6 heteroatoms. The van der Waals surface area contributed by atoms with Crippen molar-refractivity contribution in [3.8, 4) is 0 Å². The van der Waals surface area contributed by atoms with Crippen LogP contribution in [0.3, 0.4) is 0 Å². The third kappa shape index (κ3) is 2.27. The number of benzene rings is 2. The molecule has 2 aliphatic rings. The number of hydrogen-bond acceptors (Lipinski definition) is 5. The molecule has 0 N–H and O–H groups in total. The van der Waals surface area contributed by atoms with Crippen molar-refractivity contribution in [3.05, 3.63) is 65.7 Å². The van der Waals surface area contributed by atoms with Crippen LogP contribution >= 0.6 is 0 Å². The highest BCUT2D eigenvalue weighted by Crippen LogP contribution is 2.32. The fraction of sp³-hybridized carbons (Fsp3) is 0.222. The average molecular weight is 320 g/mol. The number of amides is 2. The average Bonchev–Trinajstić information content (AvgIpc) is 3.09. The summed E-state index contributed by atoms with van der Waals surface area (Å²) in [4.78, 5) is 26.6. The summed E-state index contributed by atoms with van der Waals surface area (Å²) in [6.07, 6.45) is 0. The Balaban J connectivity index is 1.61. The van der Waals surface area contributed by atoms with Crippen molar-refractivity contribution in [2.45, 2.75) is 25.6 Å². The summed E-state index contributed by atoms with van der Waals surface area (Å²) in [5.74, 6) is -0.583. The molecule has 0 aromatic heterocycles. The van der Waals surface area contributed by atoms with E-state index in [9.17, 15) is 9.59 Å². The van der Waals surface area contributed by atoms with Gasteiger partial charge in [-0.3, -0.25) is 14.6 Å². The molecular weight excluding hydrogens is 304 g/mol. The van der Waals surface area contributed by atoms with E-state index in [1.54, 1.807) is 29.3 Å². The first-order valence-corrected chi connectivity index (χ1v) is 7.81. The zero-order valence-corrected chi connectivity index (χ0v) is 13.2. The number of anilines is 1. The van der Waals surface area contributed by atoms with Gasteiger partial charge < -0.3 is 0 Å². The molecule has 2 aliphatic heterocycles. The quantitative estimate of drug-likeness (QED) is 0.816. The first-order chi connectivity index (χ1) is 11.6. The third-order valence-electron chi connectivity index (χ3n) is 4.30. The molecule has 0 radical (unpaired) electrons. The van der Waals surface area contributed by atoms with Gasteiger partial charge in [0.15, 0.2) is 12.1 Å². The first kappa shape index (κ1) is 14.6. The topological polar surface area (TPSA) is 65.3 Å². The fourth-order valence-electron chi connectivity index (χ4n) is 3.18. The number of para-hydroxylation sites is 1. The van der Waals surface area contributed by atoms with E-state index in [4.69, 9.17) is 0 Å². The first-order valence-electron chi connectivity index (χ1n) is 7.81. The van der Waals surface area contributed by atoms with Crippen LogP contribution in [-0.4, -0.2) is 28.9 Å². The maximum Gasteiger partial charge on any atom is 0.263 e. The van der Waals surface area contributed by atoms with Gasteiger partial charge in [-0.05, 0) is 24.6 Å². The number of hydrogen-bond donors (Lipinski definition) is 0. The van der Waals surface area contributed by atoms with Crippen molar-refractivity contribution in [2.24, 2.45) is 10.3 Å². The summed E-state index contributed by atoms with van der Waals surface area (Å²) in [5.41, 5.74) is 2.75. The lowest BCUT2D eigenvalue weighted by molar-refractivity contribution is -0.123. The van der Waals surface area contributed by atoms with Gasteiger partial charge in [0.2, 0.25) is 0 Å². The molecular formula is C18H16N4O2. The Morgan fingerprint density at radius 2 is 1.79 bits per heavy atom. The Bertz CT molecular complexity index is 834. The van der Waals surface area contributed by atoms with E-state index < -0.39 is 12.1 Å². The number of nitrogens with zero attached hydrogens (tertiary/aromatic N) is 4. The van der Waals surface area contributed by atoms with Gasteiger partial charge in [0.05, 0.1) is 12.2 Å². The van der Waals surface area contributed by atoms with E-state index in [1.165, 1.54) is 4.90 Å². The lowest BCUT2D eigenvalue weighted by Gasteiger charge is -2.20. The smallest absolute Gasteiger partial charge is 0.263 e. The maximum absolute atomic E-state index is 12.8. The molecule has 2 aromatic rings. The number of fused-ring (bicyclic) bond motifs is 1. The summed E-state index contributed by atoms with van der Waals surface area (Å²) in [6, 6.07) is 15.5. The largest absolute Gasteiger partial charge is 0.271 e. The van der Waals surface area contributed by atoms with Crippen molar-refractivity contribution in [1.82, 2.24) is 5.01 Å². The second-order valence-electron chi connectivity index (χ2n) is 6.03.